The molecule has 1 fully saturated rings. The van der Waals surface area contributed by atoms with E-state index in [1.807, 2.05) is 36.4 Å². The largest absolute Gasteiger partial charge is 0.493 e. The van der Waals surface area contributed by atoms with Crippen LogP contribution >= 0.6 is 0 Å². The van der Waals surface area contributed by atoms with Gasteiger partial charge in [-0.1, -0.05) is 37.4 Å². The summed E-state index contributed by atoms with van der Waals surface area (Å²) in [5.41, 5.74) is 2.09. The van der Waals surface area contributed by atoms with Gasteiger partial charge in [0.2, 0.25) is 5.91 Å². The fourth-order valence-electron chi connectivity index (χ4n) is 3.95. The number of benzene rings is 2. The molecule has 1 N–H and O–H groups in total. The summed E-state index contributed by atoms with van der Waals surface area (Å²) in [7, 11) is 1.54. The van der Waals surface area contributed by atoms with Crippen molar-refractivity contribution in [3.63, 3.8) is 0 Å². The van der Waals surface area contributed by atoms with Gasteiger partial charge in [0.25, 0.3) is 0 Å². The van der Waals surface area contributed by atoms with Crippen molar-refractivity contribution in [3.8, 4) is 5.75 Å². The van der Waals surface area contributed by atoms with Gasteiger partial charge in [-0.2, -0.15) is 0 Å². The van der Waals surface area contributed by atoms with E-state index < -0.39 is 0 Å². The Kier molecular flexibility index (Phi) is 7.00. The number of H-pyrrole nitrogens is 1. The molecule has 1 saturated heterocycles. The van der Waals surface area contributed by atoms with E-state index in [4.69, 9.17) is 18.9 Å². The van der Waals surface area contributed by atoms with E-state index in [0.29, 0.717) is 37.8 Å². The number of hydrogen-bond acceptors (Lipinski definition) is 5. The summed E-state index contributed by atoms with van der Waals surface area (Å²) < 4.78 is 22.8. The van der Waals surface area contributed by atoms with Crippen LogP contribution in [0.15, 0.2) is 79.3 Å². The van der Waals surface area contributed by atoms with Gasteiger partial charge in [-0.25, -0.2) is 0 Å². The Hall–Kier alpha value is -3.71. The van der Waals surface area contributed by atoms with E-state index in [2.05, 4.69) is 24.2 Å². The van der Waals surface area contributed by atoms with Crippen LogP contribution in [0.4, 0.5) is 0 Å². The first-order chi connectivity index (χ1) is 16.1. The minimum atomic E-state index is -0.236. The number of morpholine rings is 1. The Bertz CT molecular complexity index is 1200. The molecule has 0 bridgehead atoms. The Labute approximate surface area is 192 Å². The third-order valence-electron chi connectivity index (χ3n) is 5.59. The molecule has 1 atom stereocenters. The maximum absolute atomic E-state index is 12.3. The molecule has 1 unspecified atom stereocenters. The number of aromatic amines is 1. The molecule has 0 radical (unpaired) electrons. The van der Waals surface area contributed by atoms with Crippen LogP contribution in [-0.4, -0.2) is 61.9 Å². The number of aromatic nitrogens is 1. The predicted octanol–water partition coefficient (Wildman–Crippen LogP) is 4.17. The van der Waals surface area contributed by atoms with Crippen LogP contribution in [0.1, 0.15) is 0 Å². The zero-order valence-electron chi connectivity index (χ0n) is 18.7. The maximum atomic E-state index is 12.3. The van der Waals surface area contributed by atoms with Gasteiger partial charge >= 0.3 is 0 Å². The highest BCUT2D eigenvalue weighted by molar-refractivity contribution is 6.10. The summed E-state index contributed by atoms with van der Waals surface area (Å²) in [6.45, 7) is 8.93. The number of nitrogens with zero attached hydrogens (tertiary/aromatic N) is 1. The van der Waals surface area contributed by atoms with Crippen molar-refractivity contribution in [1.82, 2.24) is 9.88 Å². The second-order valence-electron chi connectivity index (χ2n) is 7.62. The summed E-state index contributed by atoms with van der Waals surface area (Å²) in [6, 6.07) is 14.1. The lowest BCUT2D eigenvalue weighted by molar-refractivity contribution is -0.151. The normalized spacial score (nSPS) is 17.1. The van der Waals surface area contributed by atoms with Crippen molar-refractivity contribution in [2.24, 2.45) is 0 Å². The molecule has 1 aliphatic rings. The average Bonchev–Trinajstić information content (AvgIpc) is 3.23. The molecular weight excluding hydrogens is 420 g/mol. The summed E-state index contributed by atoms with van der Waals surface area (Å²) >= 11 is 0. The number of carbonyl (C=O) groups is 1. The third-order valence-corrected chi connectivity index (χ3v) is 5.59. The SMILES string of the molecule is C=C/C(OC)=C(\C=C)OCCN1CC(COc2cccc3[nH]c4ccccc4c23)OCC1=O. The van der Waals surface area contributed by atoms with Gasteiger partial charge in [-0.05, 0) is 30.4 Å². The zero-order valence-corrected chi connectivity index (χ0v) is 18.7. The Morgan fingerprint density at radius 1 is 1.15 bits per heavy atom. The van der Waals surface area contributed by atoms with E-state index in [-0.39, 0.29) is 18.6 Å². The van der Waals surface area contributed by atoms with Gasteiger partial charge in [0.1, 0.15) is 31.7 Å². The van der Waals surface area contributed by atoms with E-state index in [0.717, 1.165) is 27.6 Å². The Morgan fingerprint density at radius 3 is 2.73 bits per heavy atom. The molecular formula is C26H28N2O5. The number of fused-ring (bicyclic) bond motifs is 3. The highest BCUT2D eigenvalue weighted by Gasteiger charge is 2.27. The van der Waals surface area contributed by atoms with Gasteiger partial charge in [0.15, 0.2) is 11.5 Å². The third kappa shape index (κ3) is 4.88. The summed E-state index contributed by atoms with van der Waals surface area (Å²) in [6.07, 6.45) is 2.88. The van der Waals surface area contributed by atoms with Crippen LogP contribution < -0.4 is 4.74 Å². The van der Waals surface area contributed by atoms with E-state index in [9.17, 15) is 4.79 Å². The number of para-hydroxylation sites is 1. The van der Waals surface area contributed by atoms with Crippen molar-refractivity contribution >= 4 is 27.7 Å². The standard InChI is InChI=1S/C26H28N2O5/c1-4-22(30-3)23(5-2)31-14-13-28-15-18(32-17-25(28)29)16-33-24-12-8-11-21-26(24)19-9-6-7-10-20(19)27-21/h4-12,18,27H,1-2,13-17H2,3H3/b23-22-. The number of carbonyl (C=O) groups excluding carboxylic acids is 1. The maximum Gasteiger partial charge on any atom is 0.248 e. The minimum absolute atomic E-state index is 0.0193. The van der Waals surface area contributed by atoms with Crippen LogP contribution in [0.25, 0.3) is 21.8 Å². The van der Waals surface area contributed by atoms with Gasteiger partial charge in [0.05, 0.1) is 25.7 Å². The molecule has 0 aliphatic carbocycles. The lowest BCUT2D eigenvalue weighted by Gasteiger charge is -2.32. The van der Waals surface area contributed by atoms with Gasteiger partial charge in [-0.3, -0.25) is 4.79 Å². The topological polar surface area (TPSA) is 73.0 Å². The molecule has 1 amide bonds. The van der Waals surface area contributed by atoms with Crippen molar-refractivity contribution in [3.05, 3.63) is 79.3 Å². The van der Waals surface area contributed by atoms with Gasteiger partial charge in [0, 0.05) is 16.3 Å². The molecule has 172 valence electrons. The summed E-state index contributed by atoms with van der Waals surface area (Å²) in [4.78, 5) is 17.5. The fourth-order valence-corrected chi connectivity index (χ4v) is 3.95. The van der Waals surface area contributed by atoms with Gasteiger partial charge < -0.3 is 28.8 Å². The highest BCUT2D eigenvalue weighted by atomic mass is 16.5. The molecule has 0 saturated carbocycles. The number of hydrogen-bond donors (Lipinski definition) is 1. The quantitative estimate of drug-likeness (QED) is 0.372. The number of methoxy groups -OCH3 is 1. The number of amides is 1. The molecule has 3 aromatic rings. The number of ether oxygens (including phenoxy) is 4. The first-order valence-corrected chi connectivity index (χ1v) is 10.8. The molecule has 1 aliphatic heterocycles. The molecule has 2 aromatic carbocycles. The van der Waals surface area contributed by atoms with Crippen molar-refractivity contribution in [2.75, 3.05) is 40.0 Å². The molecule has 4 rings (SSSR count). The summed E-state index contributed by atoms with van der Waals surface area (Å²) in [5.74, 6) is 1.70. The van der Waals surface area contributed by atoms with Crippen LogP contribution in [0, 0.1) is 0 Å². The Balaban J connectivity index is 1.38. The number of allylic oxidation sites excluding steroid dienone is 2. The van der Waals surface area contributed by atoms with E-state index in [1.54, 1.807) is 17.1 Å². The lowest BCUT2D eigenvalue weighted by atomic mass is 10.1. The highest BCUT2D eigenvalue weighted by Crippen LogP contribution is 2.33. The van der Waals surface area contributed by atoms with Crippen LogP contribution in [0.3, 0.4) is 0 Å². The Morgan fingerprint density at radius 2 is 1.94 bits per heavy atom. The fraction of sp³-hybridized carbons (Fsp3) is 0.269. The van der Waals surface area contributed by atoms with Crippen molar-refractivity contribution in [2.45, 2.75) is 6.10 Å². The number of nitrogens with one attached hydrogen (secondary N) is 1. The van der Waals surface area contributed by atoms with Crippen LogP contribution in [0.2, 0.25) is 0 Å². The van der Waals surface area contributed by atoms with E-state index in [1.165, 1.54) is 7.11 Å². The molecule has 2 heterocycles. The molecule has 7 nitrogen and oxygen atoms in total. The molecule has 33 heavy (non-hydrogen) atoms. The molecule has 7 heteroatoms. The smallest absolute Gasteiger partial charge is 0.248 e. The average molecular weight is 449 g/mol. The molecule has 0 spiro atoms. The minimum Gasteiger partial charge on any atom is -0.493 e. The number of rotatable bonds is 10. The second-order valence-corrected chi connectivity index (χ2v) is 7.62. The van der Waals surface area contributed by atoms with Crippen LogP contribution in [-0.2, 0) is 19.0 Å². The zero-order chi connectivity index (χ0) is 23.2. The second kappa shape index (κ2) is 10.3. The first kappa shape index (κ1) is 22.5. The lowest BCUT2D eigenvalue weighted by Crippen LogP contribution is -2.49. The monoisotopic (exact) mass is 448 g/mol. The summed E-state index contributed by atoms with van der Waals surface area (Å²) in [5, 5.41) is 2.16. The van der Waals surface area contributed by atoms with Gasteiger partial charge in [-0.15, -0.1) is 0 Å². The van der Waals surface area contributed by atoms with Crippen LogP contribution in [0.5, 0.6) is 5.75 Å². The first-order valence-electron chi connectivity index (χ1n) is 10.8. The van der Waals surface area contributed by atoms with E-state index >= 15 is 0 Å². The van der Waals surface area contributed by atoms with Crippen molar-refractivity contribution < 1.29 is 23.7 Å². The van der Waals surface area contributed by atoms with Crippen molar-refractivity contribution in [1.29, 1.82) is 0 Å². The predicted molar refractivity (Wildman–Crippen MR) is 128 cm³/mol. The molecule has 1 aromatic heterocycles.